The summed E-state index contributed by atoms with van der Waals surface area (Å²) in [7, 11) is 0. The molecule has 0 fully saturated rings. The van der Waals surface area contributed by atoms with Crippen molar-refractivity contribution in [2.24, 2.45) is 5.10 Å². The summed E-state index contributed by atoms with van der Waals surface area (Å²) >= 11 is 1.62. The van der Waals surface area contributed by atoms with E-state index in [2.05, 4.69) is 23.3 Å². The Morgan fingerprint density at radius 1 is 1.04 bits per heavy atom. The van der Waals surface area contributed by atoms with Gasteiger partial charge in [-0.3, -0.25) is 4.79 Å². The van der Waals surface area contributed by atoms with Crippen LogP contribution in [-0.4, -0.2) is 28.9 Å². The molecule has 0 N–H and O–H groups in total. The van der Waals surface area contributed by atoms with E-state index in [-0.39, 0.29) is 5.91 Å². The molecule has 2 aromatic carbocycles. The Balaban J connectivity index is 1.38. The maximum atomic E-state index is 12.4. The smallest absolute Gasteiger partial charge is 0.253 e. The maximum absolute atomic E-state index is 12.4. The predicted molar refractivity (Wildman–Crippen MR) is 98.5 cm³/mol. The van der Waals surface area contributed by atoms with E-state index in [1.807, 2.05) is 30.3 Å². The number of benzene rings is 2. The molecule has 122 valence electrons. The first-order valence-corrected chi connectivity index (χ1v) is 9.46. The van der Waals surface area contributed by atoms with Gasteiger partial charge in [0.15, 0.2) is 0 Å². The normalized spacial score (nSPS) is 16.2. The molecule has 2 aliphatic rings. The van der Waals surface area contributed by atoms with Gasteiger partial charge < -0.3 is 0 Å². The van der Waals surface area contributed by atoms with Crippen molar-refractivity contribution < 1.29 is 4.79 Å². The van der Waals surface area contributed by atoms with Crippen molar-refractivity contribution in [2.75, 3.05) is 12.3 Å². The van der Waals surface area contributed by atoms with Crippen LogP contribution in [0.15, 0.2) is 58.5 Å². The largest absolute Gasteiger partial charge is 0.272 e. The lowest BCUT2D eigenvalue weighted by Gasteiger charge is -2.11. The zero-order valence-corrected chi connectivity index (χ0v) is 14.4. The monoisotopic (exact) mass is 336 g/mol. The number of fused-ring (bicyclic) bond motifs is 1. The van der Waals surface area contributed by atoms with E-state index in [1.54, 1.807) is 16.8 Å². The van der Waals surface area contributed by atoms with Gasteiger partial charge in [0.05, 0.1) is 18.0 Å². The lowest BCUT2D eigenvalue weighted by atomic mass is 10.1. The molecule has 1 heterocycles. The van der Waals surface area contributed by atoms with E-state index in [4.69, 9.17) is 0 Å². The first kappa shape index (κ1) is 15.5. The number of carbonyl (C=O) groups is 1. The fraction of sp³-hybridized carbons (Fsp3) is 0.300. The van der Waals surface area contributed by atoms with E-state index in [0.717, 1.165) is 17.7 Å². The van der Waals surface area contributed by atoms with Crippen molar-refractivity contribution in [3.8, 4) is 0 Å². The standard InChI is InChI=1S/C20H20N2OS/c23-20(14-24-18-10-9-15-7-4-8-17(15)13-18)22-12-11-19(21-22)16-5-2-1-3-6-16/h1-3,5-6,9-10,13H,4,7-8,11-12,14H2. The predicted octanol–water partition coefficient (Wildman–Crippen LogP) is 3.90. The fourth-order valence-electron chi connectivity index (χ4n) is 3.33. The van der Waals surface area contributed by atoms with Gasteiger partial charge in [0.2, 0.25) is 0 Å². The molecule has 0 spiro atoms. The zero-order valence-electron chi connectivity index (χ0n) is 13.6. The van der Waals surface area contributed by atoms with Gasteiger partial charge in [0.1, 0.15) is 0 Å². The molecule has 0 aromatic heterocycles. The Kier molecular flexibility index (Phi) is 4.39. The fourth-order valence-corrected chi connectivity index (χ4v) is 4.16. The quantitative estimate of drug-likeness (QED) is 0.793. The van der Waals surface area contributed by atoms with Crippen LogP contribution in [-0.2, 0) is 17.6 Å². The van der Waals surface area contributed by atoms with Crippen LogP contribution < -0.4 is 0 Å². The molecular formula is C20H20N2OS. The molecule has 0 atom stereocenters. The third kappa shape index (κ3) is 3.24. The number of hydrogen-bond acceptors (Lipinski definition) is 3. The number of thioether (sulfide) groups is 1. The third-order valence-electron chi connectivity index (χ3n) is 4.63. The molecule has 1 amide bonds. The topological polar surface area (TPSA) is 32.7 Å². The third-order valence-corrected chi connectivity index (χ3v) is 5.61. The Morgan fingerprint density at radius 3 is 2.75 bits per heavy atom. The first-order chi connectivity index (χ1) is 11.8. The average Bonchev–Trinajstić information content (AvgIpc) is 3.29. The molecular weight excluding hydrogens is 316 g/mol. The molecule has 0 unspecified atom stereocenters. The summed E-state index contributed by atoms with van der Waals surface area (Å²) in [6, 6.07) is 16.7. The number of amides is 1. The molecule has 0 saturated heterocycles. The van der Waals surface area contributed by atoms with Gasteiger partial charge in [0, 0.05) is 11.3 Å². The summed E-state index contributed by atoms with van der Waals surface area (Å²) in [5.41, 5.74) is 5.05. The van der Waals surface area contributed by atoms with E-state index in [1.165, 1.54) is 35.3 Å². The second-order valence-corrected chi connectivity index (χ2v) is 7.30. The van der Waals surface area contributed by atoms with Crippen LogP contribution in [0.25, 0.3) is 0 Å². The summed E-state index contributed by atoms with van der Waals surface area (Å²) in [6.07, 6.45) is 4.46. The number of carbonyl (C=O) groups excluding carboxylic acids is 1. The molecule has 1 aliphatic heterocycles. The highest BCUT2D eigenvalue weighted by Crippen LogP contribution is 2.28. The van der Waals surface area contributed by atoms with Crippen LogP contribution >= 0.6 is 11.8 Å². The highest BCUT2D eigenvalue weighted by atomic mass is 32.2. The highest BCUT2D eigenvalue weighted by Gasteiger charge is 2.21. The number of aryl methyl sites for hydroxylation is 2. The van der Waals surface area contributed by atoms with Crippen LogP contribution in [0.1, 0.15) is 29.5 Å². The van der Waals surface area contributed by atoms with Gasteiger partial charge in [-0.1, -0.05) is 36.4 Å². The first-order valence-electron chi connectivity index (χ1n) is 8.47. The second kappa shape index (κ2) is 6.81. The van der Waals surface area contributed by atoms with Crippen LogP contribution in [0.4, 0.5) is 0 Å². The van der Waals surface area contributed by atoms with Crippen LogP contribution in [0.2, 0.25) is 0 Å². The molecule has 0 radical (unpaired) electrons. The van der Waals surface area contributed by atoms with Crippen LogP contribution in [0, 0.1) is 0 Å². The lowest BCUT2D eigenvalue weighted by Crippen LogP contribution is -2.25. The van der Waals surface area contributed by atoms with Gasteiger partial charge in [-0.25, -0.2) is 5.01 Å². The van der Waals surface area contributed by atoms with E-state index in [0.29, 0.717) is 12.3 Å². The second-order valence-electron chi connectivity index (χ2n) is 6.25. The summed E-state index contributed by atoms with van der Waals surface area (Å²) in [5.74, 6) is 0.538. The van der Waals surface area contributed by atoms with Crippen molar-refractivity contribution in [1.82, 2.24) is 5.01 Å². The lowest BCUT2D eigenvalue weighted by molar-refractivity contribution is -0.127. The molecule has 2 aromatic rings. The van der Waals surface area contributed by atoms with Gasteiger partial charge in [0.25, 0.3) is 5.91 Å². The molecule has 4 heteroatoms. The van der Waals surface area contributed by atoms with Crippen LogP contribution in [0.5, 0.6) is 0 Å². The van der Waals surface area contributed by atoms with Crippen molar-refractivity contribution in [3.05, 3.63) is 65.2 Å². The molecule has 1 aliphatic carbocycles. The average molecular weight is 336 g/mol. The Labute approximate surface area is 146 Å². The Bertz CT molecular complexity index is 785. The van der Waals surface area contributed by atoms with Crippen LogP contribution in [0.3, 0.4) is 0 Å². The maximum Gasteiger partial charge on any atom is 0.253 e. The van der Waals surface area contributed by atoms with E-state index < -0.39 is 0 Å². The molecule has 0 saturated carbocycles. The van der Waals surface area contributed by atoms with Gasteiger partial charge in [-0.05, 0) is 48.1 Å². The minimum Gasteiger partial charge on any atom is -0.272 e. The summed E-state index contributed by atoms with van der Waals surface area (Å²) < 4.78 is 0. The van der Waals surface area contributed by atoms with Gasteiger partial charge in [-0.15, -0.1) is 11.8 Å². The summed E-state index contributed by atoms with van der Waals surface area (Å²) in [4.78, 5) is 13.6. The summed E-state index contributed by atoms with van der Waals surface area (Å²) in [5, 5.41) is 6.14. The molecule has 0 bridgehead atoms. The summed E-state index contributed by atoms with van der Waals surface area (Å²) in [6.45, 7) is 0.688. The van der Waals surface area contributed by atoms with Gasteiger partial charge in [-0.2, -0.15) is 5.10 Å². The highest BCUT2D eigenvalue weighted by molar-refractivity contribution is 8.00. The van der Waals surface area contributed by atoms with Crippen molar-refractivity contribution in [1.29, 1.82) is 0 Å². The minimum absolute atomic E-state index is 0.0893. The molecule has 3 nitrogen and oxygen atoms in total. The number of hydrazone groups is 1. The van der Waals surface area contributed by atoms with Crippen molar-refractivity contribution >= 4 is 23.4 Å². The minimum atomic E-state index is 0.0893. The Morgan fingerprint density at radius 2 is 1.88 bits per heavy atom. The SMILES string of the molecule is O=C(CSc1ccc2c(c1)CCC2)N1CCC(c2ccccc2)=N1. The van der Waals surface area contributed by atoms with Crippen molar-refractivity contribution in [3.63, 3.8) is 0 Å². The van der Waals surface area contributed by atoms with E-state index >= 15 is 0 Å². The molecule has 24 heavy (non-hydrogen) atoms. The molecule has 4 rings (SSSR count). The number of hydrogen-bond donors (Lipinski definition) is 0. The zero-order chi connectivity index (χ0) is 16.4. The Hall–Kier alpha value is -2.07. The number of nitrogens with zero attached hydrogens (tertiary/aromatic N) is 2. The van der Waals surface area contributed by atoms with E-state index in [9.17, 15) is 4.79 Å². The number of rotatable bonds is 4. The van der Waals surface area contributed by atoms with Crippen molar-refractivity contribution in [2.45, 2.75) is 30.6 Å². The van der Waals surface area contributed by atoms with Gasteiger partial charge >= 0.3 is 0 Å².